The highest BCUT2D eigenvalue weighted by Gasteiger charge is 2.34. The second kappa shape index (κ2) is 8.41. The van der Waals surface area contributed by atoms with Crippen LogP contribution in [0.3, 0.4) is 0 Å². The molecule has 5 rings (SSSR count). The van der Waals surface area contributed by atoms with Gasteiger partial charge < -0.3 is 15.0 Å². The van der Waals surface area contributed by atoms with Crippen LogP contribution in [0.25, 0.3) is 0 Å². The Morgan fingerprint density at radius 1 is 1.21 bits per heavy atom. The lowest BCUT2D eigenvalue weighted by Gasteiger charge is -2.34. The largest absolute Gasteiger partial charge is 0.490 e. The van der Waals surface area contributed by atoms with Gasteiger partial charge in [-0.15, -0.1) is 0 Å². The van der Waals surface area contributed by atoms with Gasteiger partial charge in [0.25, 0.3) is 5.91 Å². The summed E-state index contributed by atoms with van der Waals surface area (Å²) >= 11 is 0. The highest BCUT2D eigenvalue weighted by atomic mass is 32.2. The van der Waals surface area contributed by atoms with Crippen LogP contribution in [-0.4, -0.2) is 48.0 Å². The molecule has 0 aliphatic carbocycles. The number of carbonyl (C=O) groups is 1. The number of anilines is 2. The van der Waals surface area contributed by atoms with E-state index in [-0.39, 0.29) is 29.7 Å². The summed E-state index contributed by atoms with van der Waals surface area (Å²) in [5, 5.41) is 9.72. The minimum absolute atomic E-state index is 0.0109. The van der Waals surface area contributed by atoms with Gasteiger partial charge >= 0.3 is 0 Å². The first kappa shape index (κ1) is 22.4. The van der Waals surface area contributed by atoms with Gasteiger partial charge in [0.15, 0.2) is 5.82 Å². The van der Waals surface area contributed by atoms with Crippen LogP contribution in [0.4, 0.5) is 15.9 Å². The average molecular weight is 486 g/mol. The van der Waals surface area contributed by atoms with E-state index >= 15 is 0 Å². The first-order valence-corrected chi connectivity index (χ1v) is 12.3. The third-order valence-electron chi connectivity index (χ3n) is 6.03. The lowest BCUT2D eigenvalue weighted by Crippen LogP contribution is -2.38. The number of hydrogen-bond donors (Lipinski definition) is 2. The lowest BCUT2D eigenvalue weighted by atomic mass is 10.1. The second-order valence-electron chi connectivity index (χ2n) is 8.53. The van der Waals surface area contributed by atoms with E-state index in [9.17, 15) is 17.6 Å². The molecule has 3 heterocycles. The van der Waals surface area contributed by atoms with Crippen molar-refractivity contribution in [3.8, 4) is 5.75 Å². The van der Waals surface area contributed by atoms with Crippen LogP contribution in [0.15, 0.2) is 47.4 Å². The zero-order valence-electron chi connectivity index (χ0n) is 18.7. The van der Waals surface area contributed by atoms with Gasteiger partial charge in [-0.25, -0.2) is 12.8 Å². The van der Waals surface area contributed by atoms with Crippen molar-refractivity contribution in [2.24, 2.45) is 0 Å². The Morgan fingerprint density at radius 2 is 2.03 bits per heavy atom. The molecule has 1 aromatic heterocycles. The number of carbonyl (C=O) groups excluding carboxylic acids is 1. The van der Waals surface area contributed by atoms with E-state index in [2.05, 4.69) is 34.3 Å². The molecule has 0 radical (unpaired) electrons. The summed E-state index contributed by atoms with van der Waals surface area (Å²) < 4.78 is 46.4. The number of hydrogen-bond acceptors (Lipinski definition) is 6. The standard InChI is InChI=1S/C23H24FN5O4S/c1-14(2)29-8-9-33-21-10-15(6-7-20(21)29)23(30)25-22-18-12-28(13-19(18)26-27-22)34(31,32)17-5-3-4-16(24)11-17/h3-7,10-11,14H,8-9,12-13H2,1-2H3,(H2,25,26,27,30). The monoisotopic (exact) mass is 485 g/mol. The first-order chi connectivity index (χ1) is 16.2. The molecule has 0 spiro atoms. The zero-order chi connectivity index (χ0) is 24.0. The quantitative estimate of drug-likeness (QED) is 0.575. The van der Waals surface area contributed by atoms with Crippen molar-refractivity contribution in [2.45, 2.75) is 37.9 Å². The van der Waals surface area contributed by atoms with E-state index in [4.69, 9.17) is 4.74 Å². The summed E-state index contributed by atoms with van der Waals surface area (Å²) in [5.41, 5.74) is 2.50. The molecule has 2 aromatic carbocycles. The van der Waals surface area contributed by atoms with E-state index in [1.165, 1.54) is 22.5 Å². The fourth-order valence-electron chi connectivity index (χ4n) is 4.26. The first-order valence-electron chi connectivity index (χ1n) is 10.9. The van der Waals surface area contributed by atoms with Crippen molar-refractivity contribution in [1.82, 2.24) is 14.5 Å². The molecule has 0 bridgehead atoms. The molecule has 9 nitrogen and oxygen atoms in total. The molecule has 2 N–H and O–H groups in total. The number of nitrogens with zero attached hydrogens (tertiary/aromatic N) is 3. The van der Waals surface area contributed by atoms with Crippen molar-refractivity contribution in [3.05, 3.63) is 65.1 Å². The van der Waals surface area contributed by atoms with Crippen molar-refractivity contribution in [2.75, 3.05) is 23.4 Å². The highest BCUT2D eigenvalue weighted by molar-refractivity contribution is 7.89. The molecular formula is C23H24FN5O4S. The van der Waals surface area contributed by atoms with Gasteiger partial charge in [-0.1, -0.05) is 6.07 Å². The topological polar surface area (TPSA) is 108 Å². The minimum atomic E-state index is -3.91. The number of H-pyrrole nitrogens is 1. The molecule has 1 amide bonds. The summed E-state index contributed by atoms with van der Waals surface area (Å²) in [6.45, 7) is 5.59. The molecule has 3 aromatic rings. The van der Waals surface area contributed by atoms with E-state index in [0.717, 1.165) is 18.3 Å². The molecule has 0 atom stereocenters. The molecule has 0 saturated heterocycles. The molecule has 2 aliphatic heterocycles. The summed E-state index contributed by atoms with van der Waals surface area (Å²) in [5.74, 6) is -0.0978. The van der Waals surface area contributed by atoms with Gasteiger partial charge in [0.2, 0.25) is 10.0 Å². The molecule has 0 saturated carbocycles. The number of aromatic amines is 1. The van der Waals surface area contributed by atoms with Crippen LogP contribution >= 0.6 is 0 Å². The Morgan fingerprint density at radius 3 is 2.79 bits per heavy atom. The minimum Gasteiger partial charge on any atom is -0.490 e. The number of ether oxygens (including phenoxy) is 1. The summed E-state index contributed by atoms with van der Waals surface area (Å²) in [6, 6.07) is 10.5. The highest BCUT2D eigenvalue weighted by Crippen LogP contribution is 2.35. The van der Waals surface area contributed by atoms with Crippen LogP contribution < -0.4 is 15.0 Å². The molecule has 178 valence electrons. The van der Waals surface area contributed by atoms with Crippen molar-refractivity contribution in [1.29, 1.82) is 0 Å². The molecule has 11 heteroatoms. The number of fused-ring (bicyclic) bond motifs is 2. The summed E-state index contributed by atoms with van der Waals surface area (Å²) in [7, 11) is -3.91. The maximum absolute atomic E-state index is 13.6. The second-order valence-corrected chi connectivity index (χ2v) is 10.5. The fourth-order valence-corrected chi connectivity index (χ4v) is 5.67. The molecule has 34 heavy (non-hydrogen) atoms. The fraction of sp³-hybridized carbons (Fsp3) is 0.304. The third kappa shape index (κ3) is 3.90. The number of amides is 1. The number of rotatable bonds is 5. The van der Waals surface area contributed by atoms with Gasteiger partial charge in [0.1, 0.15) is 18.2 Å². The van der Waals surface area contributed by atoms with Crippen LogP contribution in [0.5, 0.6) is 5.75 Å². The van der Waals surface area contributed by atoms with Crippen molar-refractivity contribution < 1.29 is 22.3 Å². The van der Waals surface area contributed by atoms with Crippen molar-refractivity contribution >= 4 is 27.4 Å². The number of halogens is 1. The van der Waals surface area contributed by atoms with E-state index < -0.39 is 15.8 Å². The Labute approximate surface area is 196 Å². The predicted octanol–water partition coefficient (Wildman–Crippen LogP) is 3.11. The van der Waals surface area contributed by atoms with Gasteiger partial charge in [0, 0.05) is 23.7 Å². The maximum Gasteiger partial charge on any atom is 0.257 e. The number of nitrogens with one attached hydrogen (secondary N) is 2. The van der Waals surface area contributed by atoms with Crippen LogP contribution in [0, 0.1) is 5.82 Å². The van der Waals surface area contributed by atoms with E-state index in [0.29, 0.717) is 35.2 Å². The molecule has 2 aliphatic rings. The van der Waals surface area contributed by atoms with Crippen LogP contribution in [0.2, 0.25) is 0 Å². The van der Waals surface area contributed by atoms with Gasteiger partial charge in [0.05, 0.1) is 29.4 Å². The number of benzene rings is 2. The van der Waals surface area contributed by atoms with Crippen LogP contribution in [0.1, 0.15) is 35.5 Å². The summed E-state index contributed by atoms with van der Waals surface area (Å²) in [4.78, 5) is 15.0. The van der Waals surface area contributed by atoms with E-state index in [1.807, 2.05) is 6.07 Å². The Hall–Kier alpha value is -3.44. The predicted molar refractivity (Wildman–Crippen MR) is 124 cm³/mol. The molecule has 0 fully saturated rings. The molecule has 0 unspecified atom stereocenters. The van der Waals surface area contributed by atoms with Gasteiger partial charge in [-0.05, 0) is 50.2 Å². The Bertz CT molecular complexity index is 1370. The van der Waals surface area contributed by atoms with Crippen LogP contribution in [-0.2, 0) is 23.1 Å². The Kier molecular flexibility index (Phi) is 5.53. The average Bonchev–Trinajstić information content (AvgIpc) is 3.40. The van der Waals surface area contributed by atoms with Gasteiger partial charge in [-0.3, -0.25) is 9.89 Å². The van der Waals surface area contributed by atoms with Gasteiger partial charge in [-0.2, -0.15) is 9.40 Å². The lowest BCUT2D eigenvalue weighted by molar-refractivity contribution is 0.102. The maximum atomic E-state index is 13.6. The number of sulfonamides is 1. The molecular weight excluding hydrogens is 461 g/mol. The third-order valence-corrected chi connectivity index (χ3v) is 7.82. The number of aromatic nitrogens is 2. The normalized spacial score (nSPS) is 15.7. The van der Waals surface area contributed by atoms with Crippen molar-refractivity contribution in [3.63, 3.8) is 0 Å². The summed E-state index contributed by atoms with van der Waals surface area (Å²) in [6.07, 6.45) is 0. The van der Waals surface area contributed by atoms with E-state index in [1.54, 1.807) is 12.1 Å². The zero-order valence-corrected chi connectivity index (χ0v) is 19.5. The Balaban J connectivity index is 1.34. The smallest absolute Gasteiger partial charge is 0.257 e. The SMILES string of the molecule is CC(C)N1CCOc2cc(C(=O)Nc3n[nH]c4c3CN(S(=O)(=O)c3cccc(F)c3)C4)ccc21.